The first-order valence-corrected chi connectivity index (χ1v) is 9.07. The Morgan fingerprint density at radius 1 is 1.11 bits per heavy atom. The van der Waals surface area contributed by atoms with Crippen molar-refractivity contribution in [2.75, 3.05) is 31.4 Å². The van der Waals surface area contributed by atoms with Crippen molar-refractivity contribution in [2.45, 2.75) is 13.3 Å². The average Bonchev–Trinajstić information content (AvgIpc) is 2.64. The summed E-state index contributed by atoms with van der Waals surface area (Å²) in [7, 11) is 3.14. The number of hydrogen-bond donors (Lipinski definition) is 3. The number of amides is 1. The summed E-state index contributed by atoms with van der Waals surface area (Å²) < 4.78 is 11.4. The van der Waals surface area contributed by atoms with Gasteiger partial charge in [0.05, 0.1) is 26.5 Å². The molecule has 0 saturated carbocycles. The molecule has 2 rings (SSSR count). The fourth-order valence-corrected chi connectivity index (χ4v) is 2.82. The number of nitrogens with zero attached hydrogens (tertiary/aromatic N) is 1. The molecule has 0 aromatic heterocycles. The number of aryl methyl sites for hydroxylation is 1. The van der Waals surface area contributed by atoms with Gasteiger partial charge in [0, 0.05) is 22.6 Å². The zero-order valence-electron chi connectivity index (χ0n) is 15.9. The summed E-state index contributed by atoms with van der Waals surface area (Å²) in [5, 5.41) is 5.83. The zero-order chi connectivity index (χ0) is 19.8. The highest BCUT2D eigenvalue weighted by molar-refractivity contribution is 14.0. The summed E-state index contributed by atoms with van der Waals surface area (Å²) in [5.41, 5.74) is 8.29. The minimum atomic E-state index is -0.129. The Morgan fingerprint density at radius 3 is 2.50 bits per heavy atom. The van der Waals surface area contributed by atoms with Crippen molar-refractivity contribution in [3.63, 3.8) is 0 Å². The van der Waals surface area contributed by atoms with Gasteiger partial charge in [0.15, 0.2) is 5.96 Å². The van der Waals surface area contributed by atoms with Crippen LogP contribution in [0.3, 0.4) is 0 Å². The molecule has 0 radical (unpaired) electrons. The monoisotopic (exact) mass is 562 g/mol. The Bertz CT molecular complexity index is 846. The Kier molecular flexibility index (Phi) is 10.1. The molecule has 0 saturated heterocycles. The third kappa shape index (κ3) is 7.19. The lowest BCUT2D eigenvalue weighted by Crippen LogP contribution is -2.24. The number of benzene rings is 2. The van der Waals surface area contributed by atoms with Gasteiger partial charge in [-0.15, -0.1) is 24.0 Å². The molecular formula is C19H24BrIN4O3. The number of methoxy groups -OCH3 is 2. The van der Waals surface area contributed by atoms with Gasteiger partial charge in [-0.25, -0.2) is 0 Å². The SMILES string of the molecule is COc1ccc(OC)c(NC(N)=NCCC(=O)Nc2ccc(Br)cc2C)c1.I. The van der Waals surface area contributed by atoms with Gasteiger partial charge in [-0.05, 0) is 42.8 Å². The van der Waals surface area contributed by atoms with Crippen LogP contribution in [0.4, 0.5) is 11.4 Å². The summed E-state index contributed by atoms with van der Waals surface area (Å²) >= 11 is 3.40. The van der Waals surface area contributed by atoms with Gasteiger partial charge >= 0.3 is 0 Å². The third-order valence-corrected chi connectivity index (χ3v) is 4.25. The van der Waals surface area contributed by atoms with Crippen LogP contribution in [0.1, 0.15) is 12.0 Å². The van der Waals surface area contributed by atoms with Crippen LogP contribution in [-0.2, 0) is 4.79 Å². The maximum Gasteiger partial charge on any atom is 0.226 e. The summed E-state index contributed by atoms with van der Waals surface area (Å²) in [6.45, 7) is 2.19. The first-order valence-electron chi connectivity index (χ1n) is 8.28. The van der Waals surface area contributed by atoms with Gasteiger partial charge < -0.3 is 25.8 Å². The summed E-state index contributed by atoms with van der Waals surface area (Å²) in [6.07, 6.45) is 0.215. The molecule has 0 aliphatic carbocycles. The highest BCUT2D eigenvalue weighted by atomic mass is 127. The summed E-state index contributed by atoms with van der Waals surface area (Å²) in [5.74, 6) is 1.33. The first kappa shape index (κ1) is 24.0. The van der Waals surface area contributed by atoms with Crippen LogP contribution in [0.2, 0.25) is 0 Å². The van der Waals surface area contributed by atoms with Gasteiger partial charge in [-0.2, -0.15) is 0 Å². The molecule has 9 heteroatoms. The van der Waals surface area contributed by atoms with Crippen LogP contribution in [0.5, 0.6) is 11.5 Å². The highest BCUT2D eigenvalue weighted by Crippen LogP contribution is 2.28. The van der Waals surface area contributed by atoms with E-state index >= 15 is 0 Å². The van der Waals surface area contributed by atoms with Crippen molar-refractivity contribution < 1.29 is 14.3 Å². The predicted molar refractivity (Wildman–Crippen MR) is 127 cm³/mol. The second-order valence-corrected chi connectivity index (χ2v) is 6.63. The first-order chi connectivity index (χ1) is 12.9. The second kappa shape index (κ2) is 11.7. The molecule has 0 aliphatic rings. The average molecular weight is 563 g/mol. The van der Waals surface area contributed by atoms with Gasteiger partial charge in [0.2, 0.25) is 5.91 Å². The van der Waals surface area contributed by atoms with Crippen LogP contribution in [0.15, 0.2) is 45.9 Å². The largest absolute Gasteiger partial charge is 0.497 e. The minimum absolute atomic E-state index is 0. The number of nitrogens with one attached hydrogen (secondary N) is 2. The van der Waals surface area contributed by atoms with Gasteiger partial charge in [0.1, 0.15) is 11.5 Å². The van der Waals surface area contributed by atoms with Crippen LogP contribution in [-0.4, -0.2) is 32.6 Å². The predicted octanol–water partition coefficient (Wildman–Crippen LogP) is 4.15. The molecule has 0 atom stereocenters. The Balaban J connectivity index is 0.00000392. The molecule has 0 aliphatic heterocycles. The maximum absolute atomic E-state index is 12.1. The molecule has 0 spiro atoms. The van der Waals surface area contributed by atoms with E-state index in [1.165, 1.54) is 0 Å². The molecule has 2 aromatic rings. The van der Waals surface area contributed by atoms with E-state index < -0.39 is 0 Å². The van der Waals surface area contributed by atoms with E-state index in [1.807, 2.05) is 25.1 Å². The number of anilines is 2. The molecule has 28 heavy (non-hydrogen) atoms. The van der Waals surface area contributed by atoms with Crippen molar-refractivity contribution in [3.8, 4) is 11.5 Å². The minimum Gasteiger partial charge on any atom is -0.497 e. The number of halogens is 2. The molecule has 0 fully saturated rings. The van der Waals surface area contributed by atoms with E-state index in [2.05, 4.69) is 31.6 Å². The standard InChI is InChI=1S/C19H23BrN4O3.HI/c1-12-10-13(20)4-6-15(12)23-18(25)8-9-22-19(21)24-16-11-14(26-2)5-7-17(16)27-3;/h4-7,10-11H,8-9H2,1-3H3,(H,23,25)(H3,21,22,24);1H. The number of nitrogens with two attached hydrogens (primary N) is 1. The highest BCUT2D eigenvalue weighted by Gasteiger charge is 2.07. The molecule has 7 nitrogen and oxygen atoms in total. The van der Waals surface area contributed by atoms with E-state index in [-0.39, 0.29) is 48.8 Å². The lowest BCUT2D eigenvalue weighted by atomic mass is 10.2. The number of ether oxygens (including phenoxy) is 2. The molecular weight excluding hydrogens is 539 g/mol. The van der Waals surface area contributed by atoms with E-state index in [0.29, 0.717) is 17.2 Å². The van der Waals surface area contributed by atoms with Crippen molar-refractivity contribution in [2.24, 2.45) is 10.7 Å². The van der Waals surface area contributed by atoms with Crippen molar-refractivity contribution in [3.05, 3.63) is 46.4 Å². The summed E-state index contributed by atoms with van der Waals surface area (Å²) in [4.78, 5) is 16.3. The maximum atomic E-state index is 12.1. The lowest BCUT2D eigenvalue weighted by Gasteiger charge is -2.12. The molecule has 2 aromatic carbocycles. The molecule has 0 heterocycles. The van der Waals surface area contributed by atoms with Crippen molar-refractivity contribution in [1.82, 2.24) is 0 Å². The quantitative estimate of drug-likeness (QED) is 0.267. The van der Waals surface area contributed by atoms with Gasteiger partial charge in [-0.1, -0.05) is 15.9 Å². The van der Waals surface area contributed by atoms with Crippen LogP contribution in [0.25, 0.3) is 0 Å². The van der Waals surface area contributed by atoms with Crippen molar-refractivity contribution >= 4 is 63.1 Å². The Morgan fingerprint density at radius 2 is 1.86 bits per heavy atom. The van der Waals surface area contributed by atoms with Crippen LogP contribution >= 0.6 is 39.9 Å². The third-order valence-electron chi connectivity index (χ3n) is 3.75. The number of carbonyl (C=O) groups excluding carboxylic acids is 1. The molecule has 1 amide bonds. The van der Waals surface area contributed by atoms with Crippen LogP contribution < -0.4 is 25.8 Å². The fraction of sp³-hybridized carbons (Fsp3) is 0.263. The van der Waals surface area contributed by atoms with E-state index in [4.69, 9.17) is 15.2 Å². The normalized spacial score (nSPS) is 10.6. The topological polar surface area (TPSA) is 98.0 Å². The molecule has 4 N–H and O–H groups in total. The smallest absolute Gasteiger partial charge is 0.226 e. The lowest BCUT2D eigenvalue weighted by molar-refractivity contribution is -0.116. The van der Waals surface area contributed by atoms with Gasteiger partial charge in [0.25, 0.3) is 0 Å². The Labute approximate surface area is 190 Å². The fourth-order valence-electron chi connectivity index (χ4n) is 2.35. The molecule has 0 bridgehead atoms. The van der Waals surface area contributed by atoms with Crippen LogP contribution in [0, 0.1) is 6.92 Å². The van der Waals surface area contributed by atoms with E-state index in [1.54, 1.807) is 32.4 Å². The number of aliphatic imine (C=N–C) groups is 1. The zero-order valence-corrected chi connectivity index (χ0v) is 19.8. The number of hydrogen-bond acceptors (Lipinski definition) is 4. The van der Waals surface area contributed by atoms with E-state index in [0.717, 1.165) is 15.7 Å². The number of guanidine groups is 1. The molecule has 152 valence electrons. The molecule has 0 unspecified atom stereocenters. The Hall–Kier alpha value is -2.01. The second-order valence-electron chi connectivity index (χ2n) is 5.72. The van der Waals surface area contributed by atoms with Gasteiger partial charge in [-0.3, -0.25) is 9.79 Å². The van der Waals surface area contributed by atoms with Crippen molar-refractivity contribution in [1.29, 1.82) is 0 Å². The summed E-state index contributed by atoms with van der Waals surface area (Å²) in [6, 6.07) is 11.0. The number of rotatable bonds is 7. The number of carbonyl (C=O) groups is 1. The van der Waals surface area contributed by atoms with E-state index in [9.17, 15) is 4.79 Å².